The van der Waals surface area contributed by atoms with Crippen LogP contribution >= 0.6 is 11.6 Å². The van der Waals surface area contributed by atoms with Gasteiger partial charge >= 0.3 is 0 Å². The fourth-order valence-corrected chi connectivity index (χ4v) is 1.19. The summed E-state index contributed by atoms with van der Waals surface area (Å²) >= 11 is 5.52. The summed E-state index contributed by atoms with van der Waals surface area (Å²) in [5.41, 5.74) is 0.593. The van der Waals surface area contributed by atoms with Crippen LogP contribution < -0.4 is 0 Å². The Morgan fingerprint density at radius 3 is 3.00 bits per heavy atom. The Morgan fingerprint density at radius 2 is 2.46 bits per heavy atom. The molecule has 0 saturated heterocycles. The Labute approximate surface area is 82.3 Å². The second kappa shape index (κ2) is 4.82. The zero-order chi connectivity index (χ0) is 9.68. The lowest BCUT2D eigenvalue weighted by Crippen LogP contribution is -2.28. The van der Waals surface area contributed by atoms with Crippen molar-refractivity contribution in [3.05, 3.63) is 30.1 Å². The Hall–Kier alpha value is -1.09. The molecule has 0 fully saturated rings. The highest BCUT2D eigenvalue weighted by molar-refractivity contribution is 6.18. The average Bonchev–Trinajstić information content (AvgIpc) is 2.18. The van der Waals surface area contributed by atoms with Gasteiger partial charge in [-0.05, 0) is 12.1 Å². The van der Waals surface area contributed by atoms with E-state index >= 15 is 0 Å². The van der Waals surface area contributed by atoms with E-state index in [-0.39, 0.29) is 5.91 Å². The van der Waals surface area contributed by atoms with Crippen LogP contribution in [0.3, 0.4) is 0 Å². The molecule has 0 aliphatic rings. The Balaban J connectivity index is 2.68. The third-order valence-electron chi connectivity index (χ3n) is 1.68. The summed E-state index contributed by atoms with van der Waals surface area (Å²) < 4.78 is 0. The normalized spacial score (nSPS) is 9.69. The first-order valence-electron chi connectivity index (χ1n) is 3.97. The van der Waals surface area contributed by atoms with Gasteiger partial charge in [-0.2, -0.15) is 0 Å². The number of aromatic nitrogens is 1. The molecule has 70 valence electrons. The Bertz CT molecular complexity index is 276. The van der Waals surface area contributed by atoms with Crippen molar-refractivity contribution in [1.29, 1.82) is 0 Å². The number of amides is 1. The quantitative estimate of drug-likeness (QED) is 0.688. The first-order valence-corrected chi connectivity index (χ1v) is 4.50. The number of alkyl halides is 1. The van der Waals surface area contributed by atoms with Gasteiger partial charge in [0, 0.05) is 31.9 Å². The SMILES string of the molecule is CN(CCCl)C(=O)c1cccnc1. The number of carbonyl (C=O) groups excluding carboxylic acids is 1. The van der Waals surface area contributed by atoms with Crippen LogP contribution in [0, 0.1) is 0 Å². The van der Waals surface area contributed by atoms with Crippen LogP contribution in [0.1, 0.15) is 10.4 Å². The van der Waals surface area contributed by atoms with Gasteiger partial charge in [-0.3, -0.25) is 9.78 Å². The van der Waals surface area contributed by atoms with Crippen molar-refractivity contribution in [3.63, 3.8) is 0 Å². The molecule has 0 unspecified atom stereocenters. The zero-order valence-electron chi connectivity index (χ0n) is 7.40. The molecule has 0 radical (unpaired) electrons. The molecule has 1 aromatic rings. The number of rotatable bonds is 3. The van der Waals surface area contributed by atoms with Gasteiger partial charge in [0.15, 0.2) is 0 Å². The molecule has 4 heteroatoms. The molecule has 13 heavy (non-hydrogen) atoms. The number of nitrogens with zero attached hydrogens (tertiary/aromatic N) is 2. The van der Waals surface area contributed by atoms with Crippen molar-refractivity contribution in [2.45, 2.75) is 0 Å². The van der Waals surface area contributed by atoms with Gasteiger partial charge in [-0.15, -0.1) is 11.6 Å². The summed E-state index contributed by atoms with van der Waals surface area (Å²) in [7, 11) is 1.72. The second-order valence-electron chi connectivity index (χ2n) is 2.66. The minimum atomic E-state index is -0.0475. The van der Waals surface area contributed by atoms with Gasteiger partial charge in [0.05, 0.1) is 5.56 Å². The van der Waals surface area contributed by atoms with Crippen molar-refractivity contribution in [2.75, 3.05) is 19.5 Å². The maximum atomic E-state index is 11.6. The van der Waals surface area contributed by atoms with Crippen LogP contribution in [0.5, 0.6) is 0 Å². The van der Waals surface area contributed by atoms with Crippen LogP contribution in [0.2, 0.25) is 0 Å². The molecule has 0 aliphatic carbocycles. The molecule has 0 spiro atoms. The van der Waals surface area contributed by atoms with Crippen LogP contribution in [0.4, 0.5) is 0 Å². The summed E-state index contributed by atoms with van der Waals surface area (Å²) in [5.74, 6) is 0.399. The standard InChI is InChI=1S/C9H11ClN2O/c1-12(6-4-10)9(13)8-3-2-5-11-7-8/h2-3,5,7H,4,6H2,1H3. The lowest BCUT2D eigenvalue weighted by Gasteiger charge is -2.14. The van der Waals surface area contributed by atoms with Crippen LogP contribution in [-0.4, -0.2) is 35.3 Å². The molecule has 1 rings (SSSR count). The average molecular weight is 199 g/mol. The maximum Gasteiger partial charge on any atom is 0.255 e. The largest absolute Gasteiger partial charge is 0.340 e. The molecular formula is C9H11ClN2O. The van der Waals surface area contributed by atoms with Crippen LogP contribution in [0.15, 0.2) is 24.5 Å². The molecule has 0 saturated carbocycles. The van der Waals surface area contributed by atoms with Gasteiger partial charge in [0.25, 0.3) is 5.91 Å². The Kier molecular flexibility index (Phi) is 3.71. The zero-order valence-corrected chi connectivity index (χ0v) is 8.16. The molecule has 1 heterocycles. The van der Waals surface area contributed by atoms with Gasteiger partial charge in [-0.1, -0.05) is 0 Å². The lowest BCUT2D eigenvalue weighted by atomic mass is 10.2. The molecule has 3 nitrogen and oxygen atoms in total. The summed E-state index contributed by atoms with van der Waals surface area (Å²) in [6.07, 6.45) is 3.19. The molecule has 0 aromatic carbocycles. The number of pyridine rings is 1. The minimum absolute atomic E-state index is 0.0475. The summed E-state index contributed by atoms with van der Waals surface area (Å²) in [5, 5.41) is 0. The highest BCUT2D eigenvalue weighted by atomic mass is 35.5. The second-order valence-corrected chi connectivity index (χ2v) is 3.04. The highest BCUT2D eigenvalue weighted by Gasteiger charge is 2.09. The van der Waals surface area contributed by atoms with E-state index in [1.165, 1.54) is 0 Å². The van der Waals surface area contributed by atoms with E-state index in [9.17, 15) is 4.79 Å². The van der Waals surface area contributed by atoms with Crippen LogP contribution in [-0.2, 0) is 0 Å². The van der Waals surface area contributed by atoms with Crippen molar-refractivity contribution < 1.29 is 4.79 Å². The highest BCUT2D eigenvalue weighted by Crippen LogP contribution is 2.00. The van der Waals surface area contributed by atoms with Crippen LogP contribution in [0.25, 0.3) is 0 Å². The van der Waals surface area contributed by atoms with E-state index in [1.807, 2.05) is 0 Å². The van der Waals surface area contributed by atoms with E-state index in [4.69, 9.17) is 11.6 Å². The molecule has 0 aliphatic heterocycles. The monoisotopic (exact) mass is 198 g/mol. The van der Waals surface area contributed by atoms with Crippen molar-refractivity contribution >= 4 is 17.5 Å². The van der Waals surface area contributed by atoms with E-state index in [0.29, 0.717) is 18.0 Å². The van der Waals surface area contributed by atoms with E-state index in [1.54, 1.807) is 36.5 Å². The third kappa shape index (κ3) is 2.70. The fourth-order valence-electron chi connectivity index (χ4n) is 0.938. The predicted octanol–water partition coefficient (Wildman–Crippen LogP) is 1.39. The number of hydrogen-bond donors (Lipinski definition) is 0. The number of halogens is 1. The minimum Gasteiger partial charge on any atom is -0.340 e. The van der Waals surface area contributed by atoms with E-state index in [0.717, 1.165) is 0 Å². The fraction of sp³-hybridized carbons (Fsp3) is 0.333. The number of hydrogen-bond acceptors (Lipinski definition) is 2. The first kappa shape index (κ1) is 9.99. The summed E-state index contributed by atoms with van der Waals surface area (Å²) in [6, 6.07) is 3.47. The number of carbonyl (C=O) groups is 1. The van der Waals surface area contributed by atoms with Gasteiger partial charge < -0.3 is 4.90 Å². The lowest BCUT2D eigenvalue weighted by molar-refractivity contribution is 0.0803. The smallest absolute Gasteiger partial charge is 0.255 e. The predicted molar refractivity (Wildman–Crippen MR) is 51.9 cm³/mol. The van der Waals surface area contributed by atoms with Crippen molar-refractivity contribution in [3.8, 4) is 0 Å². The van der Waals surface area contributed by atoms with Gasteiger partial charge in [0.1, 0.15) is 0 Å². The summed E-state index contributed by atoms with van der Waals surface area (Å²) in [6.45, 7) is 0.551. The molecule has 0 bridgehead atoms. The van der Waals surface area contributed by atoms with Crippen molar-refractivity contribution in [1.82, 2.24) is 9.88 Å². The third-order valence-corrected chi connectivity index (χ3v) is 1.84. The van der Waals surface area contributed by atoms with Gasteiger partial charge in [0.2, 0.25) is 0 Å². The van der Waals surface area contributed by atoms with E-state index < -0.39 is 0 Å². The Morgan fingerprint density at radius 1 is 1.69 bits per heavy atom. The summed E-state index contributed by atoms with van der Waals surface area (Å²) in [4.78, 5) is 17.0. The first-order chi connectivity index (χ1) is 6.25. The molecule has 1 amide bonds. The van der Waals surface area contributed by atoms with Crippen molar-refractivity contribution in [2.24, 2.45) is 0 Å². The van der Waals surface area contributed by atoms with Gasteiger partial charge in [-0.25, -0.2) is 0 Å². The molecular weight excluding hydrogens is 188 g/mol. The molecule has 0 atom stereocenters. The molecule has 1 aromatic heterocycles. The van der Waals surface area contributed by atoms with E-state index in [2.05, 4.69) is 4.98 Å². The topological polar surface area (TPSA) is 33.2 Å². The maximum absolute atomic E-state index is 11.6. The molecule has 0 N–H and O–H groups in total.